The van der Waals surface area contributed by atoms with Crippen LogP contribution in [0.15, 0.2) is 24.3 Å². The second kappa shape index (κ2) is 6.33. The van der Waals surface area contributed by atoms with Gasteiger partial charge in [-0.1, -0.05) is 12.1 Å². The minimum atomic E-state index is -0.812. The second-order valence-corrected chi connectivity index (χ2v) is 7.12. The van der Waals surface area contributed by atoms with Crippen LogP contribution >= 0.6 is 0 Å². The van der Waals surface area contributed by atoms with Crippen LogP contribution in [0.1, 0.15) is 43.8 Å². The maximum atomic E-state index is 13.0. The number of hydrogen-bond acceptors (Lipinski definition) is 3. The van der Waals surface area contributed by atoms with Crippen molar-refractivity contribution < 1.29 is 19.0 Å². The van der Waals surface area contributed by atoms with Crippen molar-refractivity contribution in [3.05, 3.63) is 35.6 Å². The van der Waals surface area contributed by atoms with Gasteiger partial charge in [-0.25, -0.2) is 9.18 Å². The molecule has 1 aromatic carbocycles. The van der Waals surface area contributed by atoms with Gasteiger partial charge in [-0.2, -0.15) is 0 Å². The highest BCUT2D eigenvalue weighted by Gasteiger charge is 2.43. The number of nitrogens with zero attached hydrogens (tertiary/aromatic N) is 1. The molecule has 2 heterocycles. The van der Waals surface area contributed by atoms with E-state index < -0.39 is 6.10 Å². The number of hydrogen-bond donors (Lipinski definition) is 2. The fraction of sp³-hybridized carbons (Fsp3) is 0.611. The summed E-state index contributed by atoms with van der Waals surface area (Å²) in [4.78, 5) is 14.4. The minimum Gasteiger partial charge on any atom is -0.387 e. The largest absolute Gasteiger partial charge is 0.387 e. The van der Waals surface area contributed by atoms with E-state index in [1.54, 1.807) is 17.0 Å². The first-order valence-electron chi connectivity index (χ1n) is 8.76. The van der Waals surface area contributed by atoms with Crippen LogP contribution in [0.25, 0.3) is 0 Å². The zero-order valence-electron chi connectivity index (χ0n) is 13.5. The summed E-state index contributed by atoms with van der Waals surface area (Å²) >= 11 is 0. The molecule has 0 spiro atoms. The summed E-state index contributed by atoms with van der Waals surface area (Å²) in [6, 6.07) is 5.93. The predicted molar refractivity (Wildman–Crippen MR) is 85.9 cm³/mol. The van der Waals surface area contributed by atoms with Crippen LogP contribution < -0.4 is 5.32 Å². The number of fused-ring (bicyclic) bond motifs is 2. The first-order valence-corrected chi connectivity index (χ1v) is 8.76. The molecule has 4 atom stereocenters. The highest BCUT2D eigenvalue weighted by atomic mass is 19.1. The molecule has 1 aliphatic carbocycles. The average Bonchev–Trinajstić information content (AvgIpc) is 3.20. The van der Waals surface area contributed by atoms with E-state index in [2.05, 4.69) is 5.32 Å². The van der Waals surface area contributed by atoms with Gasteiger partial charge in [-0.05, 0) is 49.8 Å². The molecule has 1 saturated carbocycles. The Morgan fingerprint density at radius 2 is 2.04 bits per heavy atom. The summed E-state index contributed by atoms with van der Waals surface area (Å²) in [5.41, 5.74) is 0.623. The highest BCUT2D eigenvalue weighted by Crippen LogP contribution is 2.35. The zero-order chi connectivity index (χ0) is 16.7. The minimum absolute atomic E-state index is 0.0838. The molecular weight excluding hydrogens is 311 g/mol. The fourth-order valence-corrected chi connectivity index (χ4v) is 3.79. The lowest BCUT2D eigenvalue weighted by molar-refractivity contribution is 0.0938. The van der Waals surface area contributed by atoms with E-state index in [4.69, 9.17) is 4.74 Å². The van der Waals surface area contributed by atoms with E-state index >= 15 is 0 Å². The lowest BCUT2D eigenvalue weighted by Crippen LogP contribution is -2.50. The molecule has 2 amide bonds. The zero-order valence-corrected chi connectivity index (χ0v) is 13.5. The second-order valence-electron chi connectivity index (χ2n) is 7.12. The molecule has 130 valence electrons. The highest BCUT2D eigenvalue weighted by molar-refractivity contribution is 5.75. The number of ether oxygens (including phenoxy) is 1. The van der Waals surface area contributed by atoms with Crippen LogP contribution in [-0.2, 0) is 4.74 Å². The Labute approximate surface area is 140 Å². The first-order chi connectivity index (χ1) is 11.6. The molecule has 2 N–H and O–H groups in total. The van der Waals surface area contributed by atoms with E-state index in [-0.39, 0.29) is 36.6 Å². The molecule has 5 nitrogen and oxygen atoms in total. The van der Waals surface area contributed by atoms with Crippen LogP contribution in [0, 0.1) is 5.82 Å². The van der Waals surface area contributed by atoms with Crippen molar-refractivity contribution >= 4 is 6.03 Å². The fourth-order valence-electron chi connectivity index (χ4n) is 3.79. The van der Waals surface area contributed by atoms with Crippen LogP contribution in [0.5, 0.6) is 0 Å². The molecule has 4 rings (SSSR count). The number of carbonyl (C=O) groups excluding carboxylic acids is 1. The Morgan fingerprint density at radius 3 is 2.62 bits per heavy atom. The molecule has 2 saturated heterocycles. The van der Waals surface area contributed by atoms with Crippen molar-refractivity contribution in [1.29, 1.82) is 0 Å². The number of benzene rings is 1. The van der Waals surface area contributed by atoms with Gasteiger partial charge >= 0.3 is 6.03 Å². The number of aliphatic hydroxyl groups excluding tert-OH is 1. The van der Waals surface area contributed by atoms with Crippen molar-refractivity contribution in [3.63, 3.8) is 0 Å². The number of amides is 2. The Hall–Kier alpha value is -1.66. The van der Waals surface area contributed by atoms with E-state index in [0.717, 1.165) is 32.1 Å². The van der Waals surface area contributed by atoms with E-state index in [1.807, 2.05) is 0 Å². The Balaban J connectivity index is 1.38. The quantitative estimate of drug-likeness (QED) is 0.869. The normalized spacial score (nSPS) is 29.5. The maximum Gasteiger partial charge on any atom is 0.318 e. The summed E-state index contributed by atoms with van der Waals surface area (Å²) in [6.45, 7) is 0.226. The van der Waals surface area contributed by atoms with Crippen LogP contribution in [-0.4, -0.2) is 46.9 Å². The van der Waals surface area contributed by atoms with Gasteiger partial charge in [0.05, 0.1) is 30.9 Å². The van der Waals surface area contributed by atoms with Crippen LogP contribution in [0.3, 0.4) is 0 Å². The van der Waals surface area contributed by atoms with Gasteiger partial charge in [0.1, 0.15) is 5.82 Å². The third kappa shape index (κ3) is 3.26. The molecule has 2 aliphatic heterocycles. The SMILES string of the molecule is O=C(NC1CC2CCC1O2)N(CC(O)c1ccc(F)cc1)C1CC1. The van der Waals surface area contributed by atoms with E-state index in [0.29, 0.717) is 11.7 Å². The van der Waals surface area contributed by atoms with Gasteiger partial charge in [0.2, 0.25) is 0 Å². The van der Waals surface area contributed by atoms with Crippen molar-refractivity contribution in [1.82, 2.24) is 10.2 Å². The molecule has 6 heteroatoms. The monoisotopic (exact) mass is 334 g/mol. The third-order valence-corrected chi connectivity index (χ3v) is 5.29. The van der Waals surface area contributed by atoms with Crippen molar-refractivity contribution in [2.45, 2.75) is 62.5 Å². The van der Waals surface area contributed by atoms with Crippen molar-refractivity contribution in [2.24, 2.45) is 0 Å². The summed E-state index contributed by atoms with van der Waals surface area (Å²) in [5.74, 6) is -0.334. The molecule has 3 aliphatic rings. The molecule has 0 aromatic heterocycles. The van der Waals surface area contributed by atoms with Crippen LogP contribution in [0.2, 0.25) is 0 Å². The molecule has 0 radical (unpaired) electrons. The Kier molecular flexibility index (Phi) is 4.18. The standard InChI is InChI=1S/C18H23FN2O3/c19-12-3-1-11(2-4-12)16(22)10-21(13-5-6-13)18(23)20-15-9-14-7-8-17(15)24-14/h1-4,13-17,22H,5-10H2,(H,20,23). The number of halogens is 1. The number of aliphatic hydroxyl groups is 1. The molecular formula is C18H23FN2O3. The van der Waals surface area contributed by atoms with Gasteiger partial charge in [0, 0.05) is 6.04 Å². The molecule has 4 unspecified atom stereocenters. The summed E-state index contributed by atoms with van der Waals surface area (Å²) < 4.78 is 18.8. The number of rotatable bonds is 5. The number of carbonyl (C=O) groups is 1. The molecule has 2 bridgehead atoms. The molecule has 24 heavy (non-hydrogen) atoms. The lowest BCUT2D eigenvalue weighted by atomic mass is 9.96. The molecule has 1 aromatic rings. The summed E-state index contributed by atoms with van der Waals surface area (Å²) in [7, 11) is 0. The predicted octanol–water partition coefficient (Wildman–Crippen LogP) is 2.35. The molecule has 3 fully saturated rings. The van der Waals surface area contributed by atoms with E-state index in [9.17, 15) is 14.3 Å². The summed E-state index contributed by atoms with van der Waals surface area (Å²) in [5, 5.41) is 13.5. The Bertz CT molecular complexity index is 605. The lowest BCUT2D eigenvalue weighted by Gasteiger charge is -2.29. The summed E-state index contributed by atoms with van der Waals surface area (Å²) in [6.07, 6.45) is 4.54. The Morgan fingerprint density at radius 1 is 1.29 bits per heavy atom. The van der Waals surface area contributed by atoms with Crippen molar-refractivity contribution in [3.8, 4) is 0 Å². The number of nitrogens with one attached hydrogen (secondary N) is 1. The topological polar surface area (TPSA) is 61.8 Å². The first kappa shape index (κ1) is 15.8. The van der Waals surface area contributed by atoms with Gasteiger partial charge in [0.15, 0.2) is 0 Å². The van der Waals surface area contributed by atoms with Gasteiger partial charge in [-0.15, -0.1) is 0 Å². The van der Waals surface area contributed by atoms with Gasteiger partial charge in [0.25, 0.3) is 0 Å². The van der Waals surface area contributed by atoms with Gasteiger partial charge in [-0.3, -0.25) is 0 Å². The van der Waals surface area contributed by atoms with Crippen LogP contribution in [0.4, 0.5) is 9.18 Å². The van der Waals surface area contributed by atoms with Gasteiger partial charge < -0.3 is 20.1 Å². The van der Waals surface area contributed by atoms with E-state index in [1.165, 1.54) is 12.1 Å². The maximum absolute atomic E-state index is 13.0. The number of urea groups is 1. The van der Waals surface area contributed by atoms with Crippen molar-refractivity contribution in [2.75, 3.05) is 6.54 Å². The average molecular weight is 334 g/mol. The third-order valence-electron chi connectivity index (χ3n) is 5.29. The smallest absolute Gasteiger partial charge is 0.318 e.